The standard InChI is InChI=1S/C14H23N3O3/c15-7-3-9-17-13(18)6-10-16(14(17)19)8-1-4-12-5-2-11-20-12/h6,10,12H,1-5,7-9,11,15H2. The third-order valence-electron chi connectivity index (χ3n) is 3.67. The second-order valence-electron chi connectivity index (χ2n) is 5.20. The number of aryl methyl sites for hydroxylation is 1. The van der Waals surface area contributed by atoms with Gasteiger partial charge in [0.05, 0.1) is 6.10 Å². The minimum Gasteiger partial charge on any atom is -0.378 e. The highest BCUT2D eigenvalue weighted by molar-refractivity contribution is 4.86. The van der Waals surface area contributed by atoms with Crippen LogP contribution in [-0.2, 0) is 17.8 Å². The van der Waals surface area contributed by atoms with Gasteiger partial charge in [-0.15, -0.1) is 0 Å². The molecule has 0 aromatic carbocycles. The molecule has 1 aromatic rings. The quantitative estimate of drug-likeness (QED) is 0.780. The number of nitrogens with two attached hydrogens (primary N) is 1. The predicted octanol–water partition coefficient (Wildman–Crippen LogP) is 0.318. The van der Waals surface area contributed by atoms with Crippen molar-refractivity contribution in [3.63, 3.8) is 0 Å². The topological polar surface area (TPSA) is 79.2 Å². The Kier molecular flexibility index (Phi) is 5.55. The zero-order valence-electron chi connectivity index (χ0n) is 11.8. The van der Waals surface area contributed by atoms with E-state index < -0.39 is 0 Å². The van der Waals surface area contributed by atoms with Crippen LogP contribution in [0.5, 0.6) is 0 Å². The van der Waals surface area contributed by atoms with Gasteiger partial charge in [0, 0.05) is 32.0 Å². The van der Waals surface area contributed by atoms with Crippen molar-refractivity contribution in [1.82, 2.24) is 9.13 Å². The molecule has 0 spiro atoms. The molecule has 112 valence electrons. The molecule has 1 atom stereocenters. The highest BCUT2D eigenvalue weighted by Crippen LogP contribution is 2.16. The number of rotatable bonds is 7. The summed E-state index contributed by atoms with van der Waals surface area (Å²) in [7, 11) is 0. The van der Waals surface area contributed by atoms with Gasteiger partial charge in [0.15, 0.2) is 0 Å². The lowest BCUT2D eigenvalue weighted by molar-refractivity contribution is 0.101. The summed E-state index contributed by atoms with van der Waals surface area (Å²) in [5.41, 5.74) is 4.94. The van der Waals surface area contributed by atoms with E-state index in [1.165, 1.54) is 10.6 Å². The molecule has 1 aliphatic heterocycles. The van der Waals surface area contributed by atoms with Crippen LogP contribution in [0.2, 0.25) is 0 Å². The predicted molar refractivity (Wildman–Crippen MR) is 76.8 cm³/mol. The van der Waals surface area contributed by atoms with Crippen molar-refractivity contribution in [1.29, 1.82) is 0 Å². The van der Waals surface area contributed by atoms with E-state index in [1.54, 1.807) is 10.8 Å². The normalized spacial score (nSPS) is 18.6. The van der Waals surface area contributed by atoms with E-state index in [9.17, 15) is 9.59 Å². The first-order valence-corrected chi connectivity index (χ1v) is 7.34. The lowest BCUT2D eigenvalue weighted by Gasteiger charge is -2.11. The van der Waals surface area contributed by atoms with Crippen LogP contribution in [0.15, 0.2) is 21.9 Å². The number of hydrogen-bond donors (Lipinski definition) is 1. The Balaban J connectivity index is 1.96. The first-order valence-electron chi connectivity index (χ1n) is 7.34. The molecular weight excluding hydrogens is 258 g/mol. The Morgan fingerprint density at radius 1 is 1.30 bits per heavy atom. The molecule has 1 aliphatic rings. The van der Waals surface area contributed by atoms with Crippen LogP contribution in [0, 0.1) is 0 Å². The lowest BCUT2D eigenvalue weighted by Crippen LogP contribution is -2.39. The summed E-state index contributed by atoms with van der Waals surface area (Å²) < 4.78 is 8.43. The second-order valence-corrected chi connectivity index (χ2v) is 5.20. The fourth-order valence-electron chi connectivity index (χ4n) is 2.54. The molecule has 2 heterocycles. The maximum absolute atomic E-state index is 12.2. The third kappa shape index (κ3) is 3.80. The van der Waals surface area contributed by atoms with E-state index in [0.29, 0.717) is 32.2 Å². The van der Waals surface area contributed by atoms with E-state index in [-0.39, 0.29) is 11.2 Å². The average Bonchev–Trinajstić information content (AvgIpc) is 2.94. The minimum absolute atomic E-state index is 0.238. The van der Waals surface area contributed by atoms with E-state index >= 15 is 0 Å². The van der Waals surface area contributed by atoms with E-state index in [1.807, 2.05) is 0 Å². The van der Waals surface area contributed by atoms with E-state index in [0.717, 1.165) is 32.3 Å². The number of nitrogens with zero attached hydrogens (tertiary/aromatic N) is 2. The highest BCUT2D eigenvalue weighted by atomic mass is 16.5. The molecular formula is C14H23N3O3. The fraction of sp³-hybridized carbons (Fsp3) is 0.714. The molecule has 0 aliphatic carbocycles. The number of ether oxygens (including phenoxy) is 1. The van der Waals surface area contributed by atoms with Crippen molar-refractivity contribution in [3.05, 3.63) is 33.1 Å². The minimum atomic E-state index is -0.251. The van der Waals surface area contributed by atoms with Crippen molar-refractivity contribution in [2.24, 2.45) is 5.73 Å². The molecule has 6 nitrogen and oxygen atoms in total. The van der Waals surface area contributed by atoms with Gasteiger partial charge in [-0.3, -0.25) is 9.36 Å². The molecule has 1 unspecified atom stereocenters. The molecule has 1 saturated heterocycles. The molecule has 0 radical (unpaired) electrons. The van der Waals surface area contributed by atoms with Crippen LogP contribution in [-0.4, -0.2) is 28.4 Å². The summed E-state index contributed by atoms with van der Waals surface area (Å²) in [6.45, 7) is 2.34. The van der Waals surface area contributed by atoms with Crippen molar-refractivity contribution < 1.29 is 4.74 Å². The summed E-state index contributed by atoms with van der Waals surface area (Å²) in [6, 6.07) is 1.45. The highest BCUT2D eigenvalue weighted by Gasteiger charge is 2.14. The zero-order valence-corrected chi connectivity index (χ0v) is 11.8. The maximum Gasteiger partial charge on any atom is 0.330 e. The summed E-state index contributed by atoms with van der Waals surface area (Å²) >= 11 is 0. The molecule has 2 N–H and O–H groups in total. The number of hydrogen-bond acceptors (Lipinski definition) is 4. The zero-order chi connectivity index (χ0) is 14.4. The summed E-state index contributed by atoms with van der Waals surface area (Å²) in [6.07, 6.45) is 6.66. The van der Waals surface area contributed by atoms with Gasteiger partial charge in [-0.05, 0) is 38.6 Å². The Bertz CT molecular complexity index is 529. The molecule has 2 rings (SSSR count). The Labute approximate surface area is 118 Å². The average molecular weight is 281 g/mol. The molecule has 0 bridgehead atoms. The monoisotopic (exact) mass is 281 g/mol. The lowest BCUT2D eigenvalue weighted by atomic mass is 10.1. The largest absolute Gasteiger partial charge is 0.378 e. The van der Waals surface area contributed by atoms with Crippen LogP contribution < -0.4 is 17.0 Å². The first-order chi connectivity index (χ1) is 9.72. The van der Waals surface area contributed by atoms with Crippen LogP contribution in [0.4, 0.5) is 0 Å². The SMILES string of the molecule is NCCCn1c(=O)ccn(CCCC2CCCO2)c1=O. The first kappa shape index (κ1) is 15.0. The van der Waals surface area contributed by atoms with Crippen LogP contribution >= 0.6 is 0 Å². The van der Waals surface area contributed by atoms with Gasteiger partial charge in [0.25, 0.3) is 5.56 Å². The van der Waals surface area contributed by atoms with Gasteiger partial charge in [-0.25, -0.2) is 4.79 Å². The van der Waals surface area contributed by atoms with Crippen LogP contribution in [0.3, 0.4) is 0 Å². The molecule has 1 fully saturated rings. The number of aromatic nitrogens is 2. The Morgan fingerprint density at radius 2 is 2.15 bits per heavy atom. The Morgan fingerprint density at radius 3 is 2.85 bits per heavy atom. The summed E-state index contributed by atoms with van der Waals surface area (Å²) in [5.74, 6) is 0. The van der Waals surface area contributed by atoms with E-state index in [2.05, 4.69) is 0 Å². The molecule has 1 aromatic heterocycles. The Hall–Kier alpha value is -1.40. The summed E-state index contributed by atoms with van der Waals surface area (Å²) in [5, 5.41) is 0. The van der Waals surface area contributed by atoms with E-state index in [4.69, 9.17) is 10.5 Å². The van der Waals surface area contributed by atoms with Crippen LogP contribution in [0.1, 0.15) is 32.1 Å². The molecule has 6 heteroatoms. The van der Waals surface area contributed by atoms with Gasteiger partial charge in [-0.2, -0.15) is 0 Å². The van der Waals surface area contributed by atoms with Crippen molar-refractivity contribution in [2.75, 3.05) is 13.2 Å². The van der Waals surface area contributed by atoms with Gasteiger partial charge < -0.3 is 15.0 Å². The smallest absolute Gasteiger partial charge is 0.330 e. The van der Waals surface area contributed by atoms with Crippen molar-refractivity contribution >= 4 is 0 Å². The van der Waals surface area contributed by atoms with Gasteiger partial charge in [0.2, 0.25) is 0 Å². The summed E-state index contributed by atoms with van der Waals surface area (Å²) in [4.78, 5) is 23.8. The third-order valence-corrected chi connectivity index (χ3v) is 3.67. The van der Waals surface area contributed by atoms with Crippen molar-refractivity contribution in [2.45, 2.75) is 51.3 Å². The maximum atomic E-state index is 12.2. The van der Waals surface area contributed by atoms with Crippen LogP contribution in [0.25, 0.3) is 0 Å². The van der Waals surface area contributed by atoms with Crippen molar-refractivity contribution in [3.8, 4) is 0 Å². The van der Waals surface area contributed by atoms with Gasteiger partial charge in [0.1, 0.15) is 0 Å². The molecule has 20 heavy (non-hydrogen) atoms. The fourth-order valence-corrected chi connectivity index (χ4v) is 2.54. The molecule has 0 saturated carbocycles. The molecule has 0 amide bonds. The van der Waals surface area contributed by atoms with Gasteiger partial charge >= 0.3 is 5.69 Å². The second kappa shape index (κ2) is 7.40. The van der Waals surface area contributed by atoms with Gasteiger partial charge in [-0.1, -0.05) is 0 Å².